The van der Waals surface area contributed by atoms with Crippen LogP contribution in [0.1, 0.15) is 61.5 Å². The topological polar surface area (TPSA) is 107 Å². The van der Waals surface area contributed by atoms with Gasteiger partial charge in [0.1, 0.15) is 28.7 Å². The summed E-state index contributed by atoms with van der Waals surface area (Å²) in [5.41, 5.74) is 4.31. The van der Waals surface area contributed by atoms with Crippen molar-refractivity contribution in [1.29, 1.82) is 0 Å². The summed E-state index contributed by atoms with van der Waals surface area (Å²) >= 11 is 6.02. The lowest BCUT2D eigenvalue weighted by atomic mass is 9.87. The third kappa shape index (κ3) is 6.04. The normalized spacial score (nSPS) is 17.9. The predicted molar refractivity (Wildman–Crippen MR) is 169 cm³/mol. The van der Waals surface area contributed by atoms with E-state index in [1.54, 1.807) is 12.1 Å². The van der Waals surface area contributed by atoms with Crippen LogP contribution in [0.4, 0.5) is 4.39 Å². The molecule has 0 radical (unpaired) electrons. The van der Waals surface area contributed by atoms with E-state index in [4.69, 9.17) is 26.1 Å². The molecule has 12 heteroatoms. The number of H-pyrrole nitrogens is 1. The van der Waals surface area contributed by atoms with Gasteiger partial charge in [-0.1, -0.05) is 35.9 Å². The van der Waals surface area contributed by atoms with Gasteiger partial charge in [-0.15, -0.1) is 5.10 Å². The number of nitrogens with zero attached hydrogens (tertiary/aromatic N) is 7. The van der Waals surface area contributed by atoms with E-state index in [2.05, 4.69) is 60.2 Å². The molecule has 0 saturated carbocycles. The molecule has 2 fully saturated rings. The highest BCUT2D eigenvalue weighted by Gasteiger charge is 2.31. The van der Waals surface area contributed by atoms with Crippen molar-refractivity contribution in [2.75, 3.05) is 19.7 Å². The highest BCUT2D eigenvalue weighted by atomic mass is 35.5. The molecule has 1 N–H and O–H groups in total. The van der Waals surface area contributed by atoms with Crippen LogP contribution in [0.15, 0.2) is 48.7 Å². The minimum atomic E-state index is -0.877. The van der Waals surface area contributed by atoms with Crippen molar-refractivity contribution in [3.8, 4) is 17.3 Å². The first-order valence-corrected chi connectivity index (χ1v) is 15.8. The number of pyridine rings is 1. The summed E-state index contributed by atoms with van der Waals surface area (Å²) in [6.07, 6.45) is 5.04. The number of imidazole rings is 1. The van der Waals surface area contributed by atoms with Crippen LogP contribution in [0.25, 0.3) is 22.6 Å². The number of aryl methyl sites for hydroxylation is 1. The summed E-state index contributed by atoms with van der Waals surface area (Å²) in [6, 6.07) is 13.0. The van der Waals surface area contributed by atoms with Crippen molar-refractivity contribution in [3.05, 3.63) is 82.0 Å². The standard InChI is InChI=1S/C33H36ClFN8O2/c1-20-5-4-6-24(31(20)45-33(2,3)25-8-7-22(34)15-26(25)35)21-9-12-42(13-10-21)19-30-37-27-16-28(32-38-40-41-39-32)36-17-29(27)43(30)18-23-11-14-44-23/h4-8,15-17,21,23H,9-14,18-19H2,1-3H3,(H,38,39,40,41)/t23-/m0/s1. The van der Waals surface area contributed by atoms with Crippen molar-refractivity contribution >= 4 is 22.6 Å². The number of likely N-dealkylation sites (tertiary alicyclic amines) is 1. The van der Waals surface area contributed by atoms with Crippen LogP contribution in [0, 0.1) is 12.7 Å². The molecular weight excluding hydrogens is 595 g/mol. The lowest BCUT2D eigenvalue weighted by Crippen LogP contribution is -2.35. The van der Waals surface area contributed by atoms with Crippen LogP contribution in [0.5, 0.6) is 5.75 Å². The molecular formula is C33H36ClFN8O2. The van der Waals surface area contributed by atoms with E-state index in [-0.39, 0.29) is 11.9 Å². The second kappa shape index (κ2) is 12.1. The number of piperidine rings is 1. The molecule has 2 aliphatic rings. The van der Waals surface area contributed by atoms with Gasteiger partial charge in [0, 0.05) is 17.2 Å². The Morgan fingerprint density at radius 3 is 2.67 bits per heavy atom. The van der Waals surface area contributed by atoms with Crippen LogP contribution >= 0.6 is 11.6 Å². The number of aromatic nitrogens is 7. The predicted octanol–water partition coefficient (Wildman–Crippen LogP) is 6.19. The van der Waals surface area contributed by atoms with Crippen molar-refractivity contribution in [3.63, 3.8) is 0 Å². The summed E-state index contributed by atoms with van der Waals surface area (Å²) in [7, 11) is 0. The smallest absolute Gasteiger partial charge is 0.198 e. The summed E-state index contributed by atoms with van der Waals surface area (Å²) in [4.78, 5) is 12.1. The molecule has 0 bridgehead atoms. The number of benzene rings is 2. The number of nitrogens with one attached hydrogen (secondary N) is 1. The van der Waals surface area contributed by atoms with Crippen molar-refractivity contribution in [1.82, 2.24) is 40.1 Å². The van der Waals surface area contributed by atoms with Gasteiger partial charge < -0.3 is 14.0 Å². The Labute approximate surface area is 265 Å². The zero-order chi connectivity index (χ0) is 31.1. The first-order valence-electron chi connectivity index (χ1n) is 15.4. The summed E-state index contributed by atoms with van der Waals surface area (Å²) < 4.78 is 29.6. The van der Waals surface area contributed by atoms with Crippen LogP contribution < -0.4 is 4.74 Å². The molecule has 2 saturated heterocycles. The fourth-order valence-corrected chi connectivity index (χ4v) is 6.61. The molecule has 1 atom stereocenters. The number of hydrogen-bond acceptors (Lipinski definition) is 8. The van der Waals surface area contributed by atoms with Gasteiger partial charge in [-0.25, -0.2) is 14.5 Å². The number of rotatable bonds is 9. The number of para-hydroxylation sites is 1. The van der Waals surface area contributed by atoms with E-state index >= 15 is 0 Å². The first kappa shape index (κ1) is 29.8. The van der Waals surface area contributed by atoms with Crippen LogP contribution in [0.2, 0.25) is 5.02 Å². The fraction of sp³-hybridized carbons (Fsp3) is 0.424. The molecule has 10 nitrogen and oxygen atoms in total. The van der Waals surface area contributed by atoms with Gasteiger partial charge in [-0.2, -0.15) is 0 Å². The minimum Gasteiger partial charge on any atom is -0.482 e. The maximum Gasteiger partial charge on any atom is 0.198 e. The summed E-state index contributed by atoms with van der Waals surface area (Å²) in [6.45, 7) is 9.98. The third-order valence-electron chi connectivity index (χ3n) is 9.05. The second-order valence-corrected chi connectivity index (χ2v) is 12.9. The fourth-order valence-electron chi connectivity index (χ4n) is 6.45. The Bertz CT molecular complexity index is 1810. The molecule has 2 aromatic carbocycles. The van der Waals surface area contributed by atoms with Crippen LogP contribution in [0.3, 0.4) is 0 Å². The van der Waals surface area contributed by atoms with E-state index in [0.29, 0.717) is 28.0 Å². The van der Waals surface area contributed by atoms with Crippen molar-refractivity contribution in [2.24, 2.45) is 0 Å². The number of fused-ring (bicyclic) bond motifs is 1. The molecule has 0 unspecified atom stereocenters. The van der Waals surface area contributed by atoms with Crippen LogP contribution in [-0.4, -0.2) is 65.9 Å². The number of tetrazole rings is 1. The third-order valence-corrected chi connectivity index (χ3v) is 9.29. The average Bonchev–Trinajstić information content (AvgIpc) is 3.64. The average molecular weight is 631 g/mol. The van der Waals surface area contributed by atoms with Crippen molar-refractivity contribution < 1.29 is 13.9 Å². The number of halogens is 2. The largest absolute Gasteiger partial charge is 0.482 e. The maximum absolute atomic E-state index is 14.9. The maximum atomic E-state index is 14.9. The molecule has 2 aliphatic heterocycles. The Hall–Kier alpha value is -3.93. The number of ether oxygens (including phenoxy) is 2. The molecule has 45 heavy (non-hydrogen) atoms. The zero-order valence-corrected chi connectivity index (χ0v) is 26.4. The molecule has 3 aromatic heterocycles. The first-order chi connectivity index (χ1) is 21.7. The molecule has 234 valence electrons. The molecule has 0 spiro atoms. The van der Waals surface area contributed by atoms with Gasteiger partial charge in [0.05, 0.1) is 36.4 Å². The van der Waals surface area contributed by atoms with Crippen molar-refractivity contribution in [2.45, 2.75) is 70.7 Å². The Morgan fingerprint density at radius 2 is 1.96 bits per heavy atom. The van der Waals surface area contributed by atoms with Gasteiger partial charge in [0.25, 0.3) is 0 Å². The van der Waals surface area contributed by atoms with E-state index in [1.807, 2.05) is 26.1 Å². The van der Waals surface area contributed by atoms with E-state index in [1.165, 1.54) is 11.6 Å². The SMILES string of the molecule is Cc1cccc(C2CCN(Cc3nc4cc(-c5nnn[nH]5)ncc4n3C[C@@H]3CCO3)CC2)c1OC(C)(C)c1ccc(Cl)cc1F. The Morgan fingerprint density at radius 1 is 1.13 bits per heavy atom. The second-order valence-electron chi connectivity index (χ2n) is 12.5. The number of hydrogen-bond donors (Lipinski definition) is 1. The lowest BCUT2D eigenvalue weighted by molar-refractivity contribution is -0.0592. The van der Waals surface area contributed by atoms with Gasteiger partial charge in [0.2, 0.25) is 0 Å². The number of aromatic amines is 1. The van der Waals surface area contributed by atoms with Crippen LogP contribution in [-0.2, 0) is 23.4 Å². The lowest BCUT2D eigenvalue weighted by Gasteiger charge is -2.35. The van der Waals surface area contributed by atoms with Gasteiger partial charge in [0.15, 0.2) is 5.82 Å². The summed E-state index contributed by atoms with van der Waals surface area (Å²) in [5, 5.41) is 14.5. The quantitative estimate of drug-likeness (QED) is 0.205. The monoisotopic (exact) mass is 630 g/mol. The summed E-state index contributed by atoms with van der Waals surface area (Å²) in [5.74, 6) is 2.31. The Balaban J connectivity index is 1.09. The van der Waals surface area contributed by atoms with E-state index in [9.17, 15) is 4.39 Å². The Kier molecular flexibility index (Phi) is 8.01. The van der Waals surface area contributed by atoms with Gasteiger partial charge >= 0.3 is 0 Å². The highest BCUT2D eigenvalue weighted by Crippen LogP contribution is 2.40. The highest BCUT2D eigenvalue weighted by molar-refractivity contribution is 6.30. The molecule has 0 aliphatic carbocycles. The van der Waals surface area contributed by atoms with E-state index < -0.39 is 5.60 Å². The van der Waals surface area contributed by atoms with Gasteiger partial charge in [-0.3, -0.25) is 9.88 Å². The minimum absolute atomic E-state index is 0.190. The van der Waals surface area contributed by atoms with E-state index in [0.717, 1.165) is 80.2 Å². The molecule has 5 heterocycles. The molecule has 7 rings (SSSR count). The zero-order valence-electron chi connectivity index (χ0n) is 25.6. The molecule has 0 amide bonds. The molecule has 5 aromatic rings. The van der Waals surface area contributed by atoms with Gasteiger partial charge in [-0.05, 0) is 98.8 Å².